The summed E-state index contributed by atoms with van der Waals surface area (Å²) in [5.74, 6) is -1.56. The van der Waals surface area contributed by atoms with Crippen molar-refractivity contribution in [2.24, 2.45) is 17.6 Å². The minimum absolute atomic E-state index is 0.0236. The molecule has 0 aromatic heterocycles. The maximum Gasteiger partial charge on any atom is 0.331 e. The Kier molecular flexibility index (Phi) is 11.6. The number of nitrogens with two attached hydrogens (primary N) is 1. The van der Waals surface area contributed by atoms with E-state index in [0.717, 1.165) is 10.6 Å². The predicted molar refractivity (Wildman–Crippen MR) is 143 cm³/mol. The Hall–Kier alpha value is -4.08. The third-order valence-corrected chi connectivity index (χ3v) is 5.99. The lowest BCUT2D eigenvalue weighted by Crippen LogP contribution is -2.59. The zero-order chi connectivity index (χ0) is 28.2. The summed E-state index contributed by atoms with van der Waals surface area (Å²) in [6, 6.07) is 12.3. The number of nitrogens with one attached hydrogen (secondary N) is 2. The number of hydrazine groups is 1. The highest BCUT2D eigenvalue weighted by Gasteiger charge is 2.36. The highest BCUT2D eigenvalue weighted by atomic mass is 16.5. The second-order valence-electron chi connectivity index (χ2n) is 9.39. The summed E-state index contributed by atoms with van der Waals surface area (Å²) in [6.07, 6.45) is 1.01. The largest absolute Gasteiger partial charge is 0.497 e. The number of benzene rings is 2. The lowest BCUT2D eigenvalue weighted by Gasteiger charge is -2.33. The Labute approximate surface area is 223 Å². The molecule has 10 heteroatoms. The van der Waals surface area contributed by atoms with Gasteiger partial charge in [-0.15, -0.1) is 0 Å². The van der Waals surface area contributed by atoms with Crippen LogP contribution in [0.4, 0.5) is 4.79 Å². The highest BCUT2D eigenvalue weighted by Crippen LogP contribution is 2.23. The Morgan fingerprint density at radius 2 is 1.55 bits per heavy atom. The van der Waals surface area contributed by atoms with Gasteiger partial charge in [-0.2, -0.15) is 0 Å². The van der Waals surface area contributed by atoms with Crippen molar-refractivity contribution in [1.29, 1.82) is 0 Å². The number of ketones is 1. The molecule has 0 saturated heterocycles. The molecule has 2 rings (SSSR count). The summed E-state index contributed by atoms with van der Waals surface area (Å²) in [5.41, 5.74) is 9.25. The number of Topliss-reactive ketones (excluding diaryl/α,β-unsaturated/α-hetero) is 1. The van der Waals surface area contributed by atoms with Crippen LogP contribution in [0.2, 0.25) is 0 Å². The average molecular weight is 527 g/mol. The second-order valence-corrected chi connectivity index (χ2v) is 9.39. The average Bonchev–Trinajstić information content (AvgIpc) is 2.90. The molecule has 4 amide bonds. The maximum absolute atomic E-state index is 13.7. The van der Waals surface area contributed by atoms with Crippen LogP contribution in [0.5, 0.6) is 11.5 Å². The lowest BCUT2D eigenvalue weighted by molar-refractivity contribution is -0.150. The zero-order valence-corrected chi connectivity index (χ0v) is 22.7. The molecule has 0 radical (unpaired) electrons. The van der Waals surface area contributed by atoms with Gasteiger partial charge in [0.1, 0.15) is 17.5 Å². The smallest absolute Gasteiger partial charge is 0.331 e. The van der Waals surface area contributed by atoms with Crippen molar-refractivity contribution in [1.82, 2.24) is 15.8 Å². The molecule has 2 atom stereocenters. The minimum Gasteiger partial charge on any atom is -0.497 e. The van der Waals surface area contributed by atoms with Gasteiger partial charge < -0.3 is 20.5 Å². The summed E-state index contributed by atoms with van der Waals surface area (Å²) >= 11 is 0. The van der Waals surface area contributed by atoms with Gasteiger partial charge in [0.2, 0.25) is 11.7 Å². The summed E-state index contributed by atoms with van der Waals surface area (Å²) in [4.78, 5) is 51.7. The molecule has 0 spiro atoms. The fourth-order valence-electron chi connectivity index (χ4n) is 4.22. The van der Waals surface area contributed by atoms with Crippen molar-refractivity contribution in [3.63, 3.8) is 0 Å². The standard InChI is InChI=1S/C28H38N4O6/c1-6-24(25(33)26(34)30-17-20-14-22(37-4)16-23(15-20)38-5)32(31-28(29)36)27(35)21(12-18(2)3)13-19-10-8-7-9-11-19/h7-11,14-16,18,21,24H,6,12-13,17H2,1-5H3,(H,30,34)(H3,29,31,36). The third-order valence-electron chi connectivity index (χ3n) is 5.99. The van der Waals surface area contributed by atoms with Crippen molar-refractivity contribution < 1.29 is 28.7 Å². The number of urea groups is 1. The van der Waals surface area contributed by atoms with Crippen LogP contribution >= 0.6 is 0 Å². The van der Waals surface area contributed by atoms with Crippen LogP contribution in [0.15, 0.2) is 48.5 Å². The van der Waals surface area contributed by atoms with E-state index >= 15 is 0 Å². The number of rotatable bonds is 13. The van der Waals surface area contributed by atoms with Crippen molar-refractivity contribution >= 4 is 23.6 Å². The van der Waals surface area contributed by atoms with Gasteiger partial charge in [-0.05, 0) is 48.4 Å². The fraction of sp³-hybridized carbons (Fsp3) is 0.429. The quantitative estimate of drug-likeness (QED) is 0.271. The summed E-state index contributed by atoms with van der Waals surface area (Å²) in [6.45, 7) is 5.65. The van der Waals surface area contributed by atoms with Crippen LogP contribution in [0.1, 0.15) is 44.7 Å². The Bertz CT molecular complexity index is 1080. The number of hydrogen-bond acceptors (Lipinski definition) is 6. The van der Waals surface area contributed by atoms with E-state index in [1.54, 1.807) is 25.1 Å². The van der Waals surface area contributed by atoms with E-state index in [0.29, 0.717) is 29.9 Å². The normalized spacial score (nSPS) is 12.3. The van der Waals surface area contributed by atoms with Gasteiger partial charge in [0.25, 0.3) is 5.91 Å². The topological polar surface area (TPSA) is 140 Å². The van der Waals surface area contributed by atoms with Gasteiger partial charge >= 0.3 is 6.03 Å². The van der Waals surface area contributed by atoms with Crippen molar-refractivity contribution in [2.45, 2.75) is 52.6 Å². The SMILES string of the molecule is CCC(C(=O)C(=O)NCc1cc(OC)cc(OC)c1)N(NC(N)=O)C(=O)C(Cc1ccccc1)CC(C)C. The van der Waals surface area contributed by atoms with E-state index in [-0.39, 0.29) is 18.9 Å². The van der Waals surface area contributed by atoms with Crippen LogP contribution in [0.3, 0.4) is 0 Å². The third kappa shape index (κ3) is 8.79. The molecule has 0 heterocycles. The van der Waals surface area contributed by atoms with Gasteiger partial charge in [-0.1, -0.05) is 51.1 Å². The first-order valence-electron chi connectivity index (χ1n) is 12.6. The number of amides is 4. The fourth-order valence-corrected chi connectivity index (χ4v) is 4.22. The van der Waals surface area contributed by atoms with E-state index in [4.69, 9.17) is 15.2 Å². The molecule has 4 N–H and O–H groups in total. The van der Waals surface area contributed by atoms with Crippen LogP contribution < -0.4 is 25.9 Å². The molecule has 0 saturated carbocycles. The Morgan fingerprint density at radius 1 is 0.947 bits per heavy atom. The highest BCUT2D eigenvalue weighted by molar-refractivity contribution is 6.38. The molecule has 0 fully saturated rings. The van der Waals surface area contributed by atoms with Crippen LogP contribution in [0.25, 0.3) is 0 Å². The van der Waals surface area contributed by atoms with Gasteiger partial charge in [-0.25, -0.2) is 15.2 Å². The van der Waals surface area contributed by atoms with Gasteiger partial charge in [0.15, 0.2) is 0 Å². The number of ether oxygens (including phenoxy) is 2. The number of carbonyl (C=O) groups excluding carboxylic acids is 4. The molecule has 2 aromatic rings. The molecular formula is C28H38N4O6. The summed E-state index contributed by atoms with van der Waals surface area (Å²) in [7, 11) is 3.02. The van der Waals surface area contributed by atoms with E-state index in [1.807, 2.05) is 44.2 Å². The molecule has 0 aliphatic rings. The van der Waals surface area contributed by atoms with Crippen LogP contribution in [0, 0.1) is 11.8 Å². The molecule has 0 bridgehead atoms. The molecule has 0 aliphatic carbocycles. The van der Waals surface area contributed by atoms with Gasteiger partial charge in [0, 0.05) is 18.5 Å². The van der Waals surface area contributed by atoms with Crippen LogP contribution in [-0.2, 0) is 27.3 Å². The summed E-state index contributed by atoms with van der Waals surface area (Å²) in [5, 5.41) is 3.51. The van der Waals surface area contributed by atoms with E-state index in [2.05, 4.69) is 10.7 Å². The second kappa shape index (κ2) is 14.6. The Balaban J connectivity index is 2.25. The van der Waals surface area contributed by atoms with Crippen molar-refractivity contribution in [2.75, 3.05) is 14.2 Å². The maximum atomic E-state index is 13.7. The molecule has 2 aromatic carbocycles. The molecule has 38 heavy (non-hydrogen) atoms. The van der Waals surface area contributed by atoms with E-state index < -0.39 is 35.6 Å². The monoisotopic (exact) mass is 526 g/mol. The number of carbonyl (C=O) groups is 4. The molecule has 206 valence electrons. The predicted octanol–water partition coefficient (Wildman–Crippen LogP) is 2.98. The first-order chi connectivity index (χ1) is 18.1. The van der Waals surface area contributed by atoms with Gasteiger partial charge in [0.05, 0.1) is 14.2 Å². The zero-order valence-electron chi connectivity index (χ0n) is 22.7. The molecule has 2 unspecified atom stereocenters. The molecule has 10 nitrogen and oxygen atoms in total. The minimum atomic E-state index is -1.24. The Morgan fingerprint density at radius 3 is 2.05 bits per heavy atom. The van der Waals surface area contributed by atoms with Crippen LogP contribution in [-0.4, -0.2) is 48.9 Å². The number of hydrogen-bond donors (Lipinski definition) is 3. The first kappa shape index (κ1) is 30.1. The number of methoxy groups -OCH3 is 2. The first-order valence-corrected chi connectivity index (χ1v) is 12.6. The van der Waals surface area contributed by atoms with E-state index in [9.17, 15) is 19.2 Å². The van der Waals surface area contributed by atoms with E-state index in [1.165, 1.54) is 14.2 Å². The van der Waals surface area contributed by atoms with Crippen molar-refractivity contribution in [3.05, 3.63) is 59.7 Å². The number of nitrogens with zero attached hydrogens (tertiary/aromatic N) is 1. The molecule has 0 aliphatic heterocycles. The van der Waals surface area contributed by atoms with Crippen molar-refractivity contribution in [3.8, 4) is 11.5 Å². The summed E-state index contributed by atoms with van der Waals surface area (Å²) < 4.78 is 10.5. The molecular weight excluding hydrogens is 488 g/mol. The van der Waals surface area contributed by atoms with Gasteiger partial charge in [-0.3, -0.25) is 14.4 Å². The lowest BCUT2D eigenvalue weighted by atomic mass is 9.89. The number of primary amides is 1.